The van der Waals surface area contributed by atoms with Gasteiger partial charge in [-0.1, -0.05) is 6.07 Å². The number of carbonyl (C=O) groups is 1. The predicted molar refractivity (Wildman–Crippen MR) is 78.8 cm³/mol. The van der Waals surface area contributed by atoms with Crippen molar-refractivity contribution in [1.82, 2.24) is 9.55 Å². The summed E-state index contributed by atoms with van der Waals surface area (Å²) in [5, 5.41) is 2.28. The molecule has 0 fully saturated rings. The summed E-state index contributed by atoms with van der Waals surface area (Å²) in [7, 11) is 0. The lowest BCUT2D eigenvalue weighted by molar-refractivity contribution is -0.113. The van der Waals surface area contributed by atoms with Gasteiger partial charge in [0, 0.05) is 17.4 Å². The third kappa shape index (κ3) is 3.27. The van der Waals surface area contributed by atoms with Crippen LogP contribution in [0.3, 0.4) is 0 Å². The highest BCUT2D eigenvalue weighted by atomic mass is 16.3. The van der Waals surface area contributed by atoms with Gasteiger partial charge in [-0.3, -0.25) is 9.36 Å². The fourth-order valence-corrected chi connectivity index (χ4v) is 1.80. The highest BCUT2D eigenvalue weighted by Crippen LogP contribution is 2.15. The van der Waals surface area contributed by atoms with Crippen molar-refractivity contribution in [2.75, 3.05) is 5.73 Å². The number of carbonyl (C=O) groups excluding carboxylic acids is 1. The molecule has 106 valence electrons. The predicted octanol–water partition coefficient (Wildman–Crippen LogP) is 1.43. The van der Waals surface area contributed by atoms with Crippen LogP contribution in [-0.2, 0) is 4.79 Å². The molecule has 7 nitrogen and oxygen atoms in total. The van der Waals surface area contributed by atoms with E-state index in [0.717, 1.165) is 17.2 Å². The van der Waals surface area contributed by atoms with E-state index in [1.807, 2.05) is 6.92 Å². The third-order valence-electron chi connectivity index (χ3n) is 2.85. The minimum absolute atomic E-state index is 0.160. The van der Waals surface area contributed by atoms with E-state index < -0.39 is 11.6 Å². The first-order chi connectivity index (χ1) is 10.0. The van der Waals surface area contributed by atoms with Crippen LogP contribution in [0.5, 0.6) is 0 Å². The molecule has 2 N–H and O–H groups in total. The van der Waals surface area contributed by atoms with Crippen LogP contribution in [0.1, 0.15) is 11.1 Å². The number of nitrogens with two attached hydrogens (primary N) is 1. The Labute approximate surface area is 119 Å². The van der Waals surface area contributed by atoms with Gasteiger partial charge < -0.3 is 5.73 Å². The highest BCUT2D eigenvalue weighted by molar-refractivity contribution is 5.92. The van der Waals surface area contributed by atoms with Gasteiger partial charge in [0.1, 0.15) is 5.82 Å². The van der Waals surface area contributed by atoms with Crippen molar-refractivity contribution >= 4 is 17.8 Å². The Hall–Kier alpha value is -3.09. The van der Waals surface area contributed by atoms with Crippen molar-refractivity contribution < 1.29 is 4.79 Å². The number of aryl methyl sites for hydroxylation is 1. The standard InChI is InChI=1S/C14H12N4O3/c1-9-8-11(18-7-6-12(15)16-14(18)20)4-2-10(9)3-5-13(19)17-21/h2-8H,1H3,(H2,15,16,20)/b5-3-. The number of nitrogen functional groups attached to an aromatic ring is 1. The van der Waals surface area contributed by atoms with Gasteiger partial charge in [-0.05, 0) is 42.3 Å². The molecule has 0 aliphatic rings. The highest BCUT2D eigenvalue weighted by Gasteiger charge is 2.03. The number of benzene rings is 1. The van der Waals surface area contributed by atoms with E-state index in [1.165, 1.54) is 22.9 Å². The van der Waals surface area contributed by atoms with Gasteiger partial charge in [-0.15, -0.1) is 4.91 Å². The van der Waals surface area contributed by atoms with Crippen LogP contribution in [0.4, 0.5) is 5.82 Å². The Morgan fingerprint density at radius 1 is 1.38 bits per heavy atom. The second-order valence-corrected chi connectivity index (χ2v) is 4.31. The summed E-state index contributed by atoms with van der Waals surface area (Å²) in [5.74, 6) is -0.690. The molecular weight excluding hydrogens is 272 g/mol. The maximum Gasteiger partial charge on any atom is 0.354 e. The molecule has 0 bridgehead atoms. The molecule has 1 amide bonds. The smallest absolute Gasteiger partial charge is 0.354 e. The topological polar surface area (TPSA) is 107 Å². The summed E-state index contributed by atoms with van der Waals surface area (Å²) in [4.78, 5) is 36.2. The lowest BCUT2D eigenvalue weighted by Gasteiger charge is -2.08. The summed E-state index contributed by atoms with van der Waals surface area (Å²) < 4.78 is 1.36. The van der Waals surface area contributed by atoms with E-state index in [0.29, 0.717) is 5.69 Å². The minimum atomic E-state index is -0.850. The average Bonchev–Trinajstić information content (AvgIpc) is 2.45. The summed E-state index contributed by atoms with van der Waals surface area (Å²) in [6, 6.07) is 6.71. The number of hydrogen-bond acceptors (Lipinski definition) is 5. The lowest BCUT2D eigenvalue weighted by atomic mass is 10.1. The molecule has 0 radical (unpaired) electrons. The molecule has 0 unspecified atom stereocenters. The van der Waals surface area contributed by atoms with Crippen LogP contribution in [0, 0.1) is 11.8 Å². The van der Waals surface area contributed by atoms with Gasteiger partial charge in [-0.2, -0.15) is 4.98 Å². The second-order valence-electron chi connectivity index (χ2n) is 4.31. The summed E-state index contributed by atoms with van der Waals surface area (Å²) in [6.45, 7) is 1.82. The first kappa shape index (κ1) is 14.3. The molecule has 7 heteroatoms. The van der Waals surface area contributed by atoms with Crippen molar-refractivity contribution in [3.05, 3.63) is 63.1 Å². The Bertz CT molecular complexity index is 793. The number of anilines is 1. The number of nitrogens with zero attached hydrogens (tertiary/aromatic N) is 3. The summed E-state index contributed by atoms with van der Waals surface area (Å²) in [6.07, 6.45) is 4.12. The van der Waals surface area contributed by atoms with Crippen molar-refractivity contribution in [1.29, 1.82) is 0 Å². The van der Waals surface area contributed by atoms with Crippen LogP contribution in [0.15, 0.2) is 46.5 Å². The SMILES string of the molecule is Cc1cc(-n2ccc(N)nc2=O)ccc1/C=C\C(=O)N=O. The molecule has 21 heavy (non-hydrogen) atoms. The van der Waals surface area contributed by atoms with Gasteiger partial charge in [0.2, 0.25) is 0 Å². The van der Waals surface area contributed by atoms with Gasteiger partial charge in [0.15, 0.2) is 0 Å². The fourth-order valence-electron chi connectivity index (χ4n) is 1.80. The molecule has 2 rings (SSSR count). The summed E-state index contributed by atoms with van der Waals surface area (Å²) in [5.41, 5.74) is 7.16. The molecule has 0 spiro atoms. The molecule has 0 atom stereocenters. The van der Waals surface area contributed by atoms with Crippen molar-refractivity contribution in [2.24, 2.45) is 5.18 Å². The van der Waals surface area contributed by atoms with E-state index >= 15 is 0 Å². The quantitative estimate of drug-likeness (QED) is 0.677. The monoisotopic (exact) mass is 284 g/mol. The van der Waals surface area contributed by atoms with Gasteiger partial charge in [0.25, 0.3) is 0 Å². The molecule has 0 saturated heterocycles. The van der Waals surface area contributed by atoms with Crippen molar-refractivity contribution in [3.63, 3.8) is 0 Å². The third-order valence-corrected chi connectivity index (χ3v) is 2.85. The van der Waals surface area contributed by atoms with Crippen LogP contribution in [-0.4, -0.2) is 15.5 Å². The zero-order valence-corrected chi connectivity index (χ0v) is 11.2. The zero-order valence-electron chi connectivity index (χ0n) is 11.2. The summed E-state index contributed by atoms with van der Waals surface area (Å²) >= 11 is 0. The molecular formula is C14H12N4O3. The minimum Gasteiger partial charge on any atom is -0.383 e. The lowest BCUT2D eigenvalue weighted by Crippen LogP contribution is -2.21. The normalized spacial score (nSPS) is 10.7. The maximum atomic E-state index is 11.8. The first-order valence-electron chi connectivity index (χ1n) is 6.03. The van der Waals surface area contributed by atoms with Crippen LogP contribution >= 0.6 is 0 Å². The zero-order chi connectivity index (χ0) is 15.4. The molecule has 1 aromatic heterocycles. The molecule has 2 aromatic rings. The molecule has 0 aliphatic carbocycles. The van der Waals surface area contributed by atoms with E-state index in [9.17, 15) is 14.5 Å². The van der Waals surface area contributed by atoms with Gasteiger partial charge in [0.05, 0.1) is 5.69 Å². The van der Waals surface area contributed by atoms with E-state index in [2.05, 4.69) is 10.2 Å². The van der Waals surface area contributed by atoms with Gasteiger partial charge in [-0.25, -0.2) is 4.79 Å². The number of nitroso groups, excluding NO2 is 1. The molecule has 0 saturated carbocycles. The van der Waals surface area contributed by atoms with Crippen molar-refractivity contribution in [2.45, 2.75) is 6.92 Å². The first-order valence-corrected chi connectivity index (χ1v) is 6.03. The van der Waals surface area contributed by atoms with E-state index in [1.54, 1.807) is 18.2 Å². The van der Waals surface area contributed by atoms with E-state index in [-0.39, 0.29) is 5.82 Å². The largest absolute Gasteiger partial charge is 0.383 e. The Balaban J connectivity index is 2.39. The van der Waals surface area contributed by atoms with Crippen LogP contribution in [0.2, 0.25) is 0 Å². The Morgan fingerprint density at radius 2 is 2.14 bits per heavy atom. The fraction of sp³-hybridized carbons (Fsp3) is 0.0714. The van der Waals surface area contributed by atoms with Crippen LogP contribution in [0.25, 0.3) is 11.8 Å². The van der Waals surface area contributed by atoms with E-state index in [4.69, 9.17) is 5.73 Å². The van der Waals surface area contributed by atoms with Gasteiger partial charge >= 0.3 is 11.6 Å². The number of rotatable bonds is 3. The number of hydrogen-bond donors (Lipinski definition) is 1. The van der Waals surface area contributed by atoms with Crippen molar-refractivity contribution in [3.8, 4) is 5.69 Å². The molecule has 1 heterocycles. The molecule has 1 aromatic carbocycles. The maximum absolute atomic E-state index is 11.8. The Morgan fingerprint density at radius 3 is 2.76 bits per heavy atom. The average molecular weight is 284 g/mol. The number of amides is 1. The number of aromatic nitrogens is 2. The van der Waals surface area contributed by atoms with Crippen LogP contribution < -0.4 is 11.4 Å². The second kappa shape index (κ2) is 5.91. The Kier molecular flexibility index (Phi) is 4.03. The molecule has 0 aliphatic heterocycles.